The van der Waals surface area contributed by atoms with E-state index in [1.54, 1.807) is 12.2 Å². The van der Waals surface area contributed by atoms with E-state index in [0.717, 1.165) is 18.4 Å². The van der Waals surface area contributed by atoms with Crippen LogP contribution in [0.5, 0.6) is 0 Å². The fourth-order valence-corrected chi connectivity index (χ4v) is 3.39. The number of carbonyl (C=O) groups is 2. The number of aliphatic hydroxyl groups is 2. The SMILES string of the molecule is C=C(C)C(CC)[C@@H](/C=C\C)C1=C(O)C(=O)C(CCCCC)=C(O)C1=O. The highest BCUT2D eigenvalue weighted by Crippen LogP contribution is 2.37. The van der Waals surface area contributed by atoms with E-state index >= 15 is 0 Å². The highest BCUT2D eigenvalue weighted by Gasteiger charge is 2.39. The molecule has 0 heterocycles. The van der Waals surface area contributed by atoms with E-state index in [9.17, 15) is 19.8 Å². The monoisotopic (exact) mass is 346 g/mol. The van der Waals surface area contributed by atoms with Crippen LogP contribution < -0.4 is 0 Å². The minimum atomic E-state index is -0.647. The smallest absolute Gasteiger partial charge is 0.228 e. The Morgan fingerprint density at radius 3 is 2.24 bits per heavy atom. The predicted octanol–water partition coefficient (Wildman–Crippen LogP) is 5.14. The second-order valence-corrected chi connectivity index (χ2v) is 6.62. The van der Waals surface area contributed by atoms with E-state index in [-0.39, 0.29) is 17.1 Å². The van der Waals surface area contributed by atoms with Crippen molar-refractivity contribution in [3.63, 3.8) is 0 Å². The molecule has 4 heteroatoms. The number of Topliss-reactive ketones (excluding diaryl/α,β-unsaturated/α-hetero) is 2. The van der Waals surface area contributed by atoms with E-state index < -0.39 is 29.0 Å². The third kappa shape index (κ3) is 4.50. The molecule has 25 heavy (non-hydrogen) atoms. The molecule has 0 aromatic carbocycles. The molecular weight excluding hydrogens is 316 g/mol. The fraction of sp³-hybridized carbons (Fsp3) is 0.524. The number of allylic oxidation sites excluding steroid dienone is 5. The van der Waals surface area contributed by atoms with Crippen LogP contribution in [0.2, 0.25) is 0 Å². The molecule has 0 aromatic heterocycles. The predicted molar refractivity (Wildman–Crippen MR) is 100 cm³/mol. The Balaban J connectivity index is 3.33. The molecule has 1 unspecified atom stereocenters. The summed E-state index contributed by atoms with van der Waals surface area (Å²) in [6.07, 6.45) is 7.12. The van der Waals surface area contributed by atoms with Crippen molar-refractivity contribution in [3.8, 4) is 0 Å². The van der Waals surface area contributed by atoms with Gasteiger partial charge >= 0.3 is 0 Å². The lowest BCUT2D eigenvalue weighted by Crippen LogP contribution is -2.30. The van der Waals surface area contributed by atoms with Crippen molar-refractivity contribution < 1.29 is 19.8 Å². The van der Waals surface area contributed by atoms with Crippen LogP contribution in [0.3, 0.4) is 0 Å². The van der Waals surface area contributed by atoms with Gasteiger partial charge < -0.3 is 10.2 Å². The van der Waals surface area contributed by atoms with Crippen molar-refractivity contribution in [2.75, 3.05) is 0 Å². The standard InChI is InChI=1S/C21H30O4/c1-6-9-10-12-16-18(22)20(24)17(21(25)19(16)23)15(11-7-2)14(8-3)13(4)5/h7,11,14-15,22,25H,4,6,8-10,12H2,1-3,5H3/b11-7-/t14?,15-/m1/s1. The van der Waals surface area contributed by atoms with Gasteiger partial charge in [0.15, 0.2) is 11.5 Å². The van der Waals surface area contributed by atoms with E-state index in [2.05, 4.69) is 6.58 Å². The second kappa shape index (κ2) is 9.40. The third-order valence-electron chi connectivity index (χ3n) is 4.76. The normalized spacial score (nSPS) is 18.2. The van der Waals surface area contributed by atoms with Gasteiger partial charge in [0.1, 0.15) is 0 Å². The molecule has 1 aliphatic rings. The molecule has 0 bridgehead atoms. The molecule has 0 spiro atoms. The maximum absolute atomic E-state index is 12.7. The number of carbonyl (C=O) groups excluding carboxylic acids is 2. The van der Waals surface area contributed by atoms with Gasteiger partial charge in [-0.3, -0.25) is 9.59 Å². The molecule has 138 valence electrons. The summed E-state index contributed by atoms with van der Waals surface area (Å²) in [5, 5.41) is 20.8. The van der Waals surface area contributed by atoms with Gasteiger partial charge in [-0.25, -0.2) is 0 Å². The Bertz CT molecular complexity index is 634. The fourth-order valence-electron chi connectivity index (χ4n) is 3.39. The van der Waals surface area contributed by atoms with Crippen LogP contribution in [-0.4, -0.2) is 21.8 Å². The average Bonchev–Trinajstić information content (AvgIpc) is 2.57. The minimum Gasteiger partial charge on any atom is -0.504 e. The van der Waals surface area contributed by atoms with Crippen molar-refractivity contribution in [3.05, 3.63) is 47.0 Å². The summed E-state index contributed by atoms with van der Waals surface area (Å²) >= 11 is 0. The molecule has 0 amide bonds. The molecule has 0 saturated heterocycles. The van der Waals surface area contributed by atoms with Gasteiger partial charge in [0.05, 0.1) is 5.57 Å². The Morgan fingerprint density at radius 1 is 1.12 bits per heavy atom. The van der Waals surface area contributed by atoms with E-state index in [1.807, 2.05) is 27.7 Å². The first-order valence-corrected chi connectivity index (χ1v) is 9.04. The zero-order valence-corrected chi connectivity index (χ0v) is 15.8. The highest BCUT2D eigenvalue weighted by atomic mass is 16.3. The number of aliphatic hydroxyl groups excluding tert-OH is 2. The number of ketones is 2. The largest absolute Gasteiger partial charge is 0.504 e. The van der Waals surface area contributed by atoms with Crippen LogP contribution >= 0.6 is 0 Å². The van der Waals surface area contributed by atoms with Crippen molar-refractivity contribution in [2.24, 2.45) is 11.8 Å². The third-order valence-corrected chi connectivity index (χ3v) is 4.76. The van der Waals surface area contributed by atoms with Crippen LogP contribution in [0.4, 0.5) is 0 Å². The molecule has 0 aliphatic heterocycles. The van der Waals surface area contributed by atoms with Crippen molar-refractivity contribution in [1.82, 2.24) is 0 Å². The lowest BCUT2D eigenvalue weighted by Gasteiger charge is -2.28. The van der Waals surface area contributed by atoms with Gasteiger partial charge in [0, 0.05) is 11.5 Å². The van der Waals surface area contributed by atoms with E-state index in [1.165, 1.54) is 0 Å². The number of unbranched alkanes of at least 4 members (excludes halogenated alkanes) is 2. The lowest BCUT2D eigenvalue weighted by atomic mass is 9.75. The van der Waals surface area contributed by atoms with E-state index in [4.69, 9.17) is 0 Å². The first-order chi connectivity index (χ1) is 11.8. The topological polar surface area (TPSA) is 74.6 Å². The molecule has 1 aliphatic carbocycles. The van der Waals surface area contributed by atoms with Crippen LogP contribution in [0.1, 0.15) is 59.8 Å². The van der Waals surface area contributed by atoms with Crippen molar-refractivity contribution in [2.45, 2.75) is 59.8 Å². The summed E-state index contributed by atoms with van der Waals surface area (Å²) < 4.78 is 0. The van der Waals surface area contributed by atoms with Crippen LogP contribution in [0, 0.1) is 11.8 Å². The Labute approximate surface area is 150 Å². The van der Waals surface area contributed by atoms with Gasteiger partial charge in [0.25, 0.3) is 0 Å². The Morgan fingerprint density at radius 2 is 1.76 bits per heavy atom. The first kappa shape index (κ1) is 20.9. The molecule has 0 aromatic rings. The molecule has 4 nitrogen and oxygen atoms in total. The first-order valence-electron chi connectivity index (χ1n) is 9.04. The summed E-state index contributed by atoms with van der Waals surface area (Å²) in [6, 6.07) is 0. The van der Waals surface area contributed by atoms with E-state index in [0.29, 0.717) is 19.3 Å². The van der Waals surface area contributed by atoms with Gasteiger partial charge in [0.2, 0.25) is 11.6 Å². The molecule has 0 saturated carbocycles. The molecule has 2 N–H and O–H groups in total. The van der Waals surface area contributed by atoms with Crippen LogP contribution in [0.25, 0.3) is 0 Å². The van der Waals surface area contributed by atoms with Gasteiger partial charge in [-0.1, -0.05) is 51.0 Å². The molecule has 1 rings (SSSR count). The molecule has 2 atom stereocenters. The number of hydrogen-bond acceptors (Lipinski definition) is 4. The highest BCUT2D eigenvalue weighted by molar-refractivity contribution is 6.23. The zero-order valence-electron chi connectivity index (χ0n) is 15.8. The summed E-state index contributed by atoms with van der Waals surface area (Å²) in [4.78, 5) is 25.3. The second-order valence-electron chi connectivity index (χ2n) is 6.62. The summed E-state index contributed by atoms with van der Waals surface area (Å²) in [5.41, 5.74) is 0.875. The van der Waals surface area contributed by atoms with Crippen LogP contribution in [-0.2, 0) is 9.59 Å². The molecule has 0 fully saturated rings. The van der Waals surface area contributed by atoms with Crippen molar-refractivity contribution >= 4 is 11.6 Å². The minimum absolute atomic E-state index is 0.0188. The average molecular weight is 346 g/mol. The molecule has 0 radical (unpaired) electrons. The van der Waals surface area contributed by atoms with Crippen LogP contribution in [0.15, 0.2) is 47.0 Å². The number of hydrogen-bond donors (Lipinski definition) is 2. The molecular formula is C21H30O4. The zero-order chi connectivity index (χ0) is 19.1. The maximum atomic E-state index is 12.7. The number of rotatable bonds is 9. The summed E-state index contributed by atoms with van der Waals surface area (Å²) in [5.74, 6) is -2.90. The summed E-state index contributed by atoms with van der Waals surface area (Å²) in [7, 11) is 0. The lowest BCUT2D eigenvalue weighted by molar-refractivity contribution is -0.120. The van der Waals surface area contributed by atoms with Gasteiger partial charge in [-0.05, 0) is 39.0 Å². The van der Waals surface area contributed by atoms with Gasteiger partial charge in [-0.15, -0.1) is 0 Å². The Kier molecular flexibility index (Phi) is 7.88. The summed E-state index contributed by atoms with van der Waals surface area (Å²) in [6.45, 7) is 11.6. The quantitative estimate of drug-likeness (QED) is 0.344. The Hall–Kier alpha value is -2.10. The maximum Gasteiger partial charge on any atom is 0.228 e. The van der Waals surface area contributed by atoms with Gasteiger partial charge in [-0.2, -0.15) is 0 Å². The van der Waals surface area contributed by atoms with Crippen molar-refractivity contribution in [1.29, 1.82) is 0 Å².